The van der Waals surface area contributed by atoms with E-state index in [0.29, 0.717) is 0 Å². The summed E-state index contributed by atoms with van der Waals surface area (Å²) in [6.07, 6.45) is -5.68. The Kier molecular flexibility index (Phi) is 6.33. The Morgan fingerprint density at radius 1 is 0.794 bits per heavy atom. The normalized spacial score (nSPS) is 43.4. The molecule has 0 aromatic rings. The molecule has 4 fully saturated rings. The number of amides is 6. The molecule has 0 aliphatic carbocycles. The predicted octanol–water partition coefficient (Wildman–Crippen LogP) is -2.96. The molecule has 190 valence electrons. The second kappa shape index (κ2) is 8.70. The molecule has 0 saturated carbocycles. The molecule has 34 heavy (non-hydrogen) atoms. The molecular weight excluding hydrogens is 456 g/mol. The van der Waals surface area contributed by atoms with E-state index in [9.17, 15) is 39.6 Å². The van der Waals surface area contributed by atoms with Gasteiger partial charge in [-0.3, -0.25) is 30.0 Å². The first kappa shape index (κ1) is 24.8. The highest BCUT2D eigenvalue weighted by molar-refractivity contribution is 6.07. The van der Waals surface area contributed by atoms with Crippen molar-refractivity contribution in [2.75, 3.05) is 26.3 Å². The minimum absolute atomic E-state index is 0.00674. The van der Waals surface area contributed by atoms with Crippen molar-refractivity contribution in [3.63, 3.8) is 0 Å². The van der Waals surface area contributed by atoms with Crippen LogP contribution in [0, 0.1) is 10.8 Å². The lowest BCUT2D eigenvalue weighted by molar-refractivity contribution is -0.164. The Morgan fingerprint density at radius 2 is 1.15 bits per heavy atom. The van der Waals surface area contributed by atoms with Gasteiger partial charge in [0.05, 0.1) is 36.3 Å². The van der Waals surface area contributed by atoms with Crippen molar-refractivity contribution in [2.24, 2.45) is 10.8 Å². The Labute approximate surface area is 194 Å². The molecule has 4 aliphatic heterocycles. The van der Waals surface area contributed by atoms with Crippen molar-refractivity contribution < 1.29 is 49.1 Å². The highest BCUT2D eigenvalue weighted by atomic mass is 16.6. The molecule has 6 amide bonds. The maximum Gasteiger partial charge on any atom is 0.326 e. The summed E-state index contributed by atoms with van der Waals surface area (Å²) in [5, 5.41) is 43.4. The summed E-state index contributed by atoms with van der Waals surface area (Å²) in [5.74, 6) is -1.45. The van der Waals surface area contributed by atoms with E-state index in [4.69, 9.17) is 9.47 Å². The highest BCUT2D eigenvalue weighted by Gasteiger charge is 2.63. The van der Waals surface area contributed by atoms with Crippen LogP contribution < -0.4 is 10.6 Å². The number of hydrogen-bond acceptors (Lipinski definition) is 10. The summed E-state index contributed by atoms with van der Waals surface area (Å²) in [7, 11) is 0. The molecule has 0 aromatic carbocycles. The summed E-state index contributed by atoms with van der Waals surface area (Å²) >= 11 is 0. The maximum absolute atomic E-state index is 13.1. The molecule has 8 atom stereocenters. The molecule has 4 heterocycles. The van der Waals surface area contributed by atoms with Crippen LogP contribution in [0.2, 0.25) is 0 Å². The number of carbonyl (C=O) groups excluding carboxylic acids is 4. The molecule has 0 spiro atoms. The van der Waals surface area contributed by atoms with Gasteiger partial charge in [-0.15, -0.1) is 0 Å². The smallest absolute Gasteiger partial charge is 0.326 e. The zero-order chi connectivity index (χ0) is 25.0. The third-order valence-corrected chi connectivity index (χ3v) is 7.62. The number of imide groups is 2. The third kappa shape index (κ3) is 3.74. The Bertz CT molecular complexity index is 817. The van der Waals surface area contributed by atoms with Crippen LogP contribution in [0.15, 0.2) is 0 Å². The van der Waals surface area contributed by atoms with Crippen LogP contribution >= 0.6 is 0 Å². The topological polar surface area (TPSA) is 198 Å². The molecule has 0 unspecified atom stereocenters. The average molecular weight is 486 g/mol. The van der Waals surface area contributed by atoms with Crippen LogP contribution in [-0.2, 0) is 19.1 Å². The standard InChI is InChI=1S/C20H30N4O10/c1-19(7-23(17(31)21-15(19)29)13-3-9(27)11(5-25)33-13)20(2)8-24(18(32)22-16(20)30)14-4-10(28)12(6-26)34-14/h9-14,25-28H,3-8H2,1-2H3,(H,21,29,31)(H,22,30,32)/t9-,10-,11+,12+,13+,14+,19+,20+/m0/s1. The van der Waals surface area contributed by atoms with Crippen LogP contribution in [0.25, 0.3) is 0 Å². The molecule has 4 aliphatic rings. The Hall–Kier alpha value is -2.36. The third-order valence-electron chi connectivity index (χ3n) is 7.62. The molecule has 4 rings (SSSR count). The van der Waals surface area contributed by atoms with Crippen molar-refractivity contribution >= 4 is 23.9 Å². The first-order valence-electron chi connectivity index (χ1n) is 11.1. The van der Waals surface area contributed by atoms with Gasteiger partial charge in [-0.25, -0.2) is 9.59 Å². The minimum Gasteiger partial charge on any atom is -0.394 e. The second-order valence-electron chi connectivity index (χ2n) is 9.67. The number of nitrogens with zero attached hydrogens (tertiary/aromatic N) is 2. The number of hydrogen-bond donors (Lipinski definition) is 6. The van der Waals surface area contributed by atoms with E-state index in [1.54, 1.807) is 0 Å². The van der Waals surface area contributed by atoms with Crippen LogP contribution in [0.1, 0.15) is 26.7 Å². The van der Waals surface area contributed by atoms with Gasteiger partial charge in [0, 0.05) is 25.9 Å². The molecule has 14 heteroatoms. The van der Waals surface area contributed by atoms with E-state index in [1.165, 1.54) is 23.6 Å². The number of nitrogens with one attached hydrogen (secondary N) is 2. The number of ether oxygens (including phenoxy) is 2. The van der Waals surface area contributed by atoms with Gasteiger partial charge in [0.15, 0.2) is 0 Å². The molecule has 4 saturated heterocycles. The van der Waals surface area contributed by atoms with Gasteiger partial charge in [-0.05, 0) is 13.8 Å². The van der Waals surface area contributed by atoms with Gasteiger partial charge in [0.1, 0.15) is 24.7 Å². The van der Waals surface area contributed by atoms with Crippen LogP contribution in [-0.4, -0.2) is 117 Å². The summed E-state index contributed by atoms with van der Waals surface area (Å²) in [5.41, 5.74) is -3.08. The Balaban J connectivity index is 1.61. The van der Waals surface area contributed by atoms with Crippen molar-refractivity contribution in [3.05, 3.63) is 0 Å². The van der Waals surface area contributed by atoms with E-state index in [-0.39, 0.29) is 25.9 Å². The lowest BCUT2D eigenvalue weighted by atomic mass is 9.62. The predicted molar refractivity (Wildman–Crippen MR) is 109 cm³/mol. The number of aliphatic hydroxyl groups is 4. The minimum atomic E-state index is -1.54. The van der Waals surface area contributed by atoms with E-state index < -0.39 is 84.8 Å². The molecule has 6 N–H and O–H groups in total. The van der Waals surface area contributed by atoms with E-state index in [2.05, 4.69) is 10.6 Å². The number of carbonyl (C=O) groups is 4. The lowest BCUT2D eigenvalue weighted by Gasteiger charge is -2.52. The summed E-state index contributed by atoms with van der Waals surface area (Å²) in [4.78, 5) is 53.8. The fourth-order valence-corrected chi connectivity index (χ4v) is 5.04. The summed E-state index contributed by atoms with van der Waals surface area (Å²) in [6, 6.07) is -1.53. The quantitative estimate of drug-likeness (QED) is 0.233. The SMILES string of the molecule is C[C@@]1([C@]2(C)CN([C@H]3C[C@H](O)[C@@H](CO)O3)C(=O)NC2=O)CN([C@H]2C[C@H](O)[C@@H](CO)O2)C(=O)NC1=O. The van der Waals surface area contributed by atoms with Crippen LogP contribution in [0.3, 0.4) is 0 Å². The zero-order valence-corrected chi connectivity index (χ0v) is 18.8. The summed E-state index contributed by atoms with van der Waals surface area (Å²) in [6.45, 7) is 1.56. The number of aliphatic hydroxyl groups excluding tert-OH is 4. The van der Waals surface area contributed by atoms with Crippen molar-refractivity contribution in [2.45, 2.75) is 63.6 Å². The van der Waals surface area contributed by atoms with Crippen LogP contribution in [0.4, 0.5) is 9.59 Å². The van der Waals surface area contributed by atoms with E-state index in [1.807, 2.05) is 0 Å². The van der Waals surface area contributed by atoms with Gasteiger partial charge in [0.25, 0.3) is 0 Å². The fourth-order valence-electron chi connectivity index (χ4n) is 5.04. The monoisotopic (exact) mass is 486 g/mol. The zero-order valence-electron chi connectivity index (χ0n) is 18.8. The average Bonchev–Trinajstić information content (AvgIpc) is 3.34. The van der Waals surface area contributed by atoms with E-state index >= 15 is 0 Å². The highest BCUT2D eigenvalue weighted by Crippen LogP contribution is 2.46. The number of rotatable bonds is 5. The van der Waals surface area contributed by atoms with Gasteiger partial charge in [0.2, 0.25) is 11.8 Å². The first-order chi connectivity index (χ1) is 15.9. The van der Waals surface area contributed by atoms with Gasteiger partial charge < -0.3 is 29.9 Å². The Morgan fingerprint density at radius 3 is 1.44 bits per heavy atom. The van der Waals surface area contributed by atoms with Gasteiger partial charge in [-0.1, -0.05) is 0 Å². The second-order valence-corrected chi connectivity index (χ2v) is 9.67. The first-order valence-corrected chi connectivity index (χ1v) is 11.1. The molecule has 14 nitrogen and oxygen atoms in total. The molecular formula is C20H30N4O10. The molecule has 0 bridgehead atoms. The van der Waals surface area contributed by atoms with Gasteiger partial charge >= 0.3 is 12.1 Å². The number of urea groups is 2. The van der Waals surface area contributed by atoms with Crippen molar-refractivity contribution in [1.29, 1.82) is 0 Å². The molecule has 0 aromatic heterocycles. The largest absolute Gasteiger partial charge is 0.394 e. The lowest BCUT2D eigenvalue weighted by Crippen LogP contribution is -2.73. The fraction of sp³-hybridized carbons (Fsp3) is 0.800. The maximum atomic E-state index is 13.1. The van der Waals surface area contributed by atoms with Gasteiger partial charge in [-0.2, -0.15) is 0 Å². The summed E-state index contributed by atoms with van der Waals surface area (Å²) < 4.78 is 11.2. The van der Waals surface area contributed by atoms with E-state index in [0.717, 1.165) is 0 Å². The van der Waals surface area contributed by atoms with Crippen molar-refractivity contribution in [3.8, 4) is 0 Å². The molecule has 0 radical (unpaired) electrons. The van der Waals surface area contributed by atoms with Crippen LogP contribution in [0.5, 0.6) is 0 Å². The van der Waals surface area contributed by atoms with Crippen molar-refractivity contribution in [1.82, 2.24) is 20.4 Å².